The first-order valence-electron chi connectivity index (χ1n) is 4.58. The molecule has 2 N–H and O–H groups in total. The van der Waals surface area contributed by atoms with E-state index in [1.54, 1.807) is 25.2 Å². The van der Waals surface area contributed by atoms with Crippen molar-refractivity contribution < 1.29 is 9.53 Å². The Labute approximate surface area is 93.6 Å². The molecule has 0 aromatic heterocycles. The van der Waals surface area contributed by atoms with Crippen molar-refractivity contribution in [2.45, 2.75) is 6.92 Å². The largest absolute Gasteiger partial charge is 0.492 e. The minimum absolute atomic E-state index is 0.282. The molecule has 1 aromatic carbocycles. The fourth-order valence-electron chi connectivity index (χ4n) is 1.04. The molecular weight excluding hydrogens is 216 g/mol. The number of amides is 2. The molecule has 1 aromatic rings. The number of benzene rings is 1. The maximum atomic E-state index is 11.0. The highest BCUT2D eigenvalue weighted by Crippen LogP contribution is 2.27. The number of nitrogens with one attached hydrogen (secondary N) is 2. The lowest BCUT2D eigenvalue weighted by Crippen LogP contribution is -2.24. The van der Waals surface area contributed by atoms with E-state index < -0.39 is 0 Å². The minimum Gasteiger partial charge on any atom is -0.492 e. The summed E-state index contributed by atoms with van der Waals surface area (Å²) in [7, 11) is 1.55. The number of rotatable bonds is 3. The standard InChI is InChI=1S/C10H13ClN2O2/c1-3-15-9-5-4-7(6-8(9)11)13-10(14)12-2/h4-6H,3H2,1-2H3,(H2,12,13,14). The van der Waals surface area contributed by atoms with E-state index in [4.69, 9.17) is 16.3 Å². The van der Waals surface area contributed by atoms with E-state index in [0.29, 0.717) is 23.1 Å². The van der Waals surface area contributed by atoms with Crippen molar-refractivity contribution in [3.8, 4) is 5.75 Å². The van der Waals surface area contributed by atoms with Gasteiger partial charge in [-0.05, 0) is 25.1 Å². The molecule has 0 bridgehead atoms. The fourth-order valence-corrected chi connectivity index (χ4v) is 1.28. The zero-order valence-electron chi connectivity index (χ0n) is 8.63. The summed E-state index contributed by atoms with van der Waals surface area (Å²) in [6.07, 6.45) is 0. The van der Waals surface area contributed by atoms with Crippen molar-refractivity contribution >= 4 is 23.3 Å². The average Bonchev–Trinajstić information content (AvgIpc) is 2.22. The lowest BCUT2D eigenvalue weighted by atomic mass is 10.3. The zero-order chi connectivity index (χ0) is 11.3. The molecular formula is C10H13ClN2O2. The van der Waals surface area contributed by atoms with Crippen LogP contribution in [0.15, 0.2) is 18.2 Å². The Morgan fingerprint density at radius 3 is 2.80 bits per heavy atom. The van der Waals surface area contributed by atoms with Gasteiger partial charge in [0, 0.05) is 12.7 Å². The van der Waals surface area contributed by atoms with E-state index in [2.05, 4.69) is 10.6 Å². The molecule has 82 valence electrons. The summed E-state index contributed by atoms with van der Waals surface area (Å²) in [6, 6.07) is 4.81. The molecule has 0 atom stereocenters. The van der Waals surface area contributed by atoms with E-state index in [1.165, 1.54) is 0 Å². The summed E-state index contributed by atoms with van der Waals surface area (Å²) >= 11 is 5.94. The van der Waals surface area contributed by atoms with E-state index in [9.17, 15) is 4.79 Å². The van der Waals surface area contributed by atoms with Gasteiger partial charge in [-0.3, -0.25) is 0 Å². The summed E-state index contributed by atoms with van der Waals surface area (Å²) in [5, 5.41) is 5.54. The van der Waals surface area contributed by atoms with Gasteiger partial charge in [0.25, 0.3) is 0 Å². The molecule has 15 heavy (non-hydrogen) atoms. The van der Waals surface area contributed by atoms with Crippen LogP contribution in [0.2, 0.25) is 5.02 Å². The maximum absolute atomic E-state index is 11.0. The Bertz CT molecular complexity index is 355. The van der Waals surface area contributed by atoms with Crippen molar-refractivity contribution in [2.75, 3.05) is 19.0 Å². The lowest BCUT2D eigenvalue weighted by molar-refractivity contribution is 0.254. The van der Waals surface area contributed by atoms with Crippen molar-refractivity contribution in [3.63, 3.8) is 0 Å². The number of urea groups is 1. The van der Waals surface area contributed by atoms with Crippen LogP contribution in [0.1, 0.15) is 6.92 Å². The molecule has 0 saturated carbocycles. The molecule has 0 spiro atoms. The first kappa shape index (κ1) is 11.7. The molecule has 0 unspecified atom stereocenters. The predicted octanol–water partition coefficient (Wildman–Crippen LogP) is 2.49. The molecule has 1 rings (SSSR count). The van der Waals surface area contributed by atoms with Crippen molar-refractivity contribution in [1.82, 2.24) is 5.32 Å². The van der Waals surface area contributed by atoms with Gasteiger partial charge in [0.05, 0.1) is 11.6 Å². The van der Waals surface area contributed by atoms with Crippen LogP contribution in [0, 0.1) is 0 Å². The number of carbonyl (C=O) groups is 1. The number of ether oxygens (including phenoxy) is 1. The molecule has 2 amide bonds. The Morgan fingerprint density at radius 1 is 1.53 bits per heavy atom. The third-order valence-electron chi connectivity index (χ3n) is 1.72. The highest BCUT2D eigenvalue weighted by atomic mass is 35.5. The first-order valence-corrected chi connectivity index (χ1v) is 4.96. The predicted molar refractivity (Wildman–Crippen MR) is 60.7 cm³/mol. The van der Waals surface area contributed by atoms with Gasteiger partial charge < -0.3 is 15.4 Å². The molecule has 0 aliphatic carbocycles. The Morgan fingerprint density at radius 2 is 2.27 bits per heavy atom. The van der Waals surface area contributed by atoms with E-state index in [1.807, 2.05) is 6.92 Å². The maximum Gasteiger partial charge on any atom is 0.318 e. The highest BCUT2D eigenvalue weighted by molar-refractivity contribution is 6.32. The quantitative estimate of drug-likeness (QED) is 0.835. The monoisotopic (exact) mass is 228 g/mol. The zero-order valence-corrected chi connectivity index (χ0v) is 9.39. The van der Waals surface area contributed by atoms with Crippen LogP contribution in [0.25, 0.3) is 0 Å². The molecule has 0 fully saturated rings. The van der Waals surface area contributed by atoms with Gasteiger partial charge in [0.15, 0.2) is 0 Å². The van der Waals surface area contributed by atoms with Crippen LogP contribution >= 0.6 is 11.6 Å². The summed E-state index contributed by atoms with van der Waals surface area (Å²) in [6.45, 7) is 2.44. The van der Waals surface area contributed by atoms with Crippen LogP contribution < -0.4 is 15.4 Å². The molecule has 0 heterocycles. The van der Waals surface area contributed by atoms with Crippen LogP contribution in [-0.2, 0) is 0 Å². The Balaban J connectivity index is 2.77. The first-order chi connectivity index (χ1) is 7.17. The lowest BCUT2D eigenvalue weighted by Gasteiger charge is -2.08. The third kappa shape index (κ3) is 3.32. The Kier molecular flexibility index (Phi) is 4.24. The van der Waals surface area contributed by atoms with Crippen molar-refractivity contribution in [3.05, 3.63) is 23.2 Å². The molecule has 0 radical (unpaired) electrons. The van der Waals surface area contributed by atoms with Gasteiger partial charge in [-0.2, -0.15) is 0 Å². The molecule has 0 saturated heterocycles. The number of anilines is 1. The van der Waals surface area contributed by atoms with Gasteiger partial charge in [0.2, 0.25) is 0 Å². The highest BCUT2D eigenvalue weighted by Gasteiger charge is 2.04. The van der Waals surface area contributed by atoms with E-state index >= 15 is 0 Å². The molecule has 0 aliphatic heterocycles. The van der Waals surface area contributed by atoms with Crippen molar-refractivity contribution in [1.29, 1.82) is 0 Å². The average molecular weight is 229 g/mol. The fraction of sp³-hybridized carbons (Fsp3) is 0.300. The summed E-state index contributed by atoms with van der Waals surface area (Å²) in [5.41, 5.74) is 0.628. The van der Waals surface area contributed by atoms with Crippen LogP contribution in [0.4, 0.5) is 10.5 Å². The topological polar surface area (TPSA) is 50.4 Å². The van der Waals surface area contributed by atoms with Gasteiger partial charge in [-0.15, -0.1) is 0 Å². The van der Waals surface area contributed by atoms with Gasteiger partial charge in [0.1, 0.15) is 5.75 Å². The normalized spacial score (nSPS) is 9.53. The SMILES string of the molecule is CCOc1ccc(NC(=O)NC)cc1Cl. The number of hydrogen-bond acceptors (Lipinski definition) is 2. The minimum atomic E-state index is -0.282. The number of hydrogen-bond donors (Lipinski definition) is 2. The summed E-state index contributed by atoms with van der Waals surface area (Å²) in [4.78, 5) is 11.0. The van der Waals surface area contributed by atoms with Gasteiger partial charge in [-0.25, -0.2) is 4.79 Å². The summed E-state index contributed by atoms with van der Waals surface area (Å²) < 4.78 is 5.26. The van der Waals surface area contributed by atoms with Gasteiger partial charge >= 0.3 is 6.03 Å². The van der Waals surface area contributed by atoms with E-state index in [-0.39, 0.29) is 6.03 Å². The number of halogens is 1. The molecule has 5 heteroatoms. The second kappa shape index (κ2) is 5.46. The second-order valence-corrected chi connectivity index (χ2v) is 3.19. The third-order valence-corrected chi connectivity index (χ3v) is 2.01. The van der Waals surface area contributed by atoms with E-state index in [0.717, 1.165) is 0 Å². The van der Waals surface area contributed by atoms with Crippen molar-refractivity contribution in [2.24, 2.45) is 0 Å². The summed E-state index contributed by atoms with van der Waals surface area (Å²) in [5.74, 6) is 0.613. The van der Waals surface area contributed by atoms with Crippen LogP contribution in [0.5, 0.6) is 5.75 Å². The van der Waals surface area contributed by atoms with Crippen LogP contribution in [-0.4, -0.2) is 19.7 Å². The number of carbonyl (C=O) groups excluding carboxylic acids is 1. The van der Waals surface area contributed by atoms with Gasteiger partial charge in [-0.1, -0.05) is 11.6 Å². The Hall–Kier alpha value is -1.42. The molecule has 4 nitrogen and oxygen atoms in total. The smallest absolute Gasteiger partial charge is 0.318 e. The molecule has 0 aliphatic rings. The van der Waals surface area contributed by atoms with Crippen LogP contribution in [0.3, 0.4) is 0 Å². The second-order valence-electron chi connectivity index (χ2n) is 2.78.